The van der Waals surface area contributed by atoms with Crippen molar-refractivity contribution in [2.24, 2.45) is 0 Å². The smallest absolute Gasteiger partial charge is 0.151 e. The number of thiophene rings is 1. The molecule has 1 N–H and O–H groups in total. The molecule has 2 aromatic carbocycles. The van der Waals surface area contributed by atoms with Crippen molar-refractivity contribution in [2.75, 3.05) is 0 Å². The molecule has 136 valence electrons. The number of benzene rings is 2. The van der Waals surface area contributed by atoms with Gasteiger partial charge in [0.1, 0.15) is 0 Å². The van der Waals surface area contributed by atoms with Gasteiger partial charge in [-0.1, -0.05) is 48.0 Å². The molecular weight excluding hydrogens is 386 g/mol. The summed E-state index contributed by atoms with van der Waals surface area (Å²) in [5.41, 5.74) is 7.02. The highest BCUT2D eigenvalue weighted by Crippen LogP contribution is 2.43. The molecule has 5 aromatic rings. The average molecular weight is 402 g/mol. The van der Waals surface area contributed by atoms with E-state index in [1.807, 2.05) is 12.1 Å². The van der Waals surface area contributed by atoms with Crippen LogP contribution in [0.1, 0.15) is 5.56 Å². The van der Waals surface area contributed by atoms with Crippen molar-refractivity contribution < 1.29 is 0 Å². The largest absolute Gasteiger partial charge is 0.353 e. The molecule has 6 rings (SSSR count). The summed E-state index contributed by atoms with van der Waals surface area (Å²) >= 11 is 7.86. The molecule has 0 bridgehead atoms. The minimum atomic E-state index is 0.738. The van der Waals surface area contributed by atoms with Gasteiger partial charge in [-0.2, -0.15) is 0 Å². The summed E-state index contributed by atoms with van der Waals surface area (Å²) in [6, 6.07) is 20.8. The van der Waals surface area contributed by atoms with Crippen LogP contribution in [0, 0.1) is 0 Å². The van der Waals surface area contributed by atoms with Crippen molar-refractivity contribution in [2.45, 2.75) is 13.0 Å². The highest BCUT2D eigenvalue weighted by Gasteiger charge is 2.28. The highest BCUT2D eigenvalue weighted by molar-refractivity contribution is 7.13. The standard InChI is InChI=1S/C23H16ClN3S/c24-15-9-7-14(8-10-15)20-22-21-17(16-4-1-2-5-18(16)25-21)11-12-27(22)23(26-20)19-6-3-13-28-19/h1-10,13,25H,11-12H2. The van der Waals surface area contributed by atoms with Crippen molar-refractivity contribution >= 4 is 33.8 Å². The van der Waals surface area contributed by atoms with Crippen LogP contribution in [0.2, 0.25) is 5.02 Å². The first kappa shape index (κ1) is 16.2. The number of imidazole rings is 1. The third-order valence-corrected chi connectivity index (χ3v) is 6.58. The normalized spacial score (nSPS) is 12.9. The zero-order chi connectivity index (χ0) is 18.7. The Morgan fingerprint density at radius 3 is 2.68 bits per heavy atom. The lowest BCUT2D eigenvalue weighted by Crippen LogP contribution is -2.11. The van der Waals surface area contributed by atoms with Gasteiger partial charge in [0.25, 0.3) is 0 Å². The molecule has 0 atom stereocenters. The zero-order valence-corrected chi connectivity index (χ0v) is 16.5. The SMILES string of the molecule is Clc1ccc(-c2nc(-c3cccs3)n3c2-c2[nH]c4ccccc4c2CC3)cc1. The molecule has 0 amide bonds. The van der Waals surface area contributed by atoms with Gasteiger partial charge in [-0.3, -0.25) is 0 Å². The molecule has 3 nitrogen and oxygen atoms in total. The van der Waals surface area contributed by atoms with E-state index >= 15 is 0 Å². The summed E-state index contributed by atoms with van der Waals surface area (Å²) in [4.78, 5) is 9.98. The van der Waals surface area contributed by atoms with Crippen molar-refractivity contribution in [1.82, 2.24) is 14.5 Å². The Hall–Kier alpha value is -2.82. The number of aromatic amines is 1. The lowest BCUT2D eigenvalue weighted by atomic mass is 9.99. The molecule has 0 saturated heterocycles. The number of aromatic nitrogens is 3. The molecule has 5 heteroatoms. The van der Waals surface area contributed by atoms with Crippen LogP contribution in [0.5, 0.6) is 0 Å². The minimum Gasteiger partial charge on any atom is -0.353 e. The Labute approximate surface area is 171 Å². The van der Waals surface area contributed by atoms with Crippen LogP contribution in [0.4, 0.5) is 0 Å². The molecule has 0 aliphatic carbocycles. The number of para-hydroxylation sites is 1. The Morgan fingerprint density at radius 1 is 1.00 bits per heavy atom. The van der Waals surface area contributed by atoms with Gasteiger partial charge >= 0.3 is 0 Å². The monoisotopic (exact) mass is 401 g/mol. The number of H-pyrrole nitrogens is 1. The van der Waals surface area contributed by atoms with Gasteiger partial charge in [0.2, 0.25) is 0 Å². The number of aryl methyl sites for hydroxylation is 1. The average Bonchev–Trinajstić information content (AvgIpc) is 3.44. The fourth-order valence-corrected chi connectivity index (χ4v) is 5.06. The fraction of sp³-hybridized carbons (Fsp3) is 0.0870. The van der Waals surface area contributed by atoms with Crippen LogP contribution in [0.15, 0.2) is 66.0 Å². The summed E-state index contributed by atoms with van der Waals surface area (Å²) in [6.07, 6.45) is 1.00. The Kier molecular flexibility index (Phi) is 3.52. The van der Waals surface area contributed by atoms with Crippen LogP contribution < -0.4 is 0 Å². The Balaban J connectivity index is 1.68. The van der Waals surface area contributed by atoms with Gasteiger partial charge in [-0.05, 0) is 41.6 Å². The lowest BCUT2D eigenvalue weighted by molar-refractivity contribution is 0.694. The van der Waals surface area contributed by atoms with E-state index in [0.29, 0.717) is 0 Å². The highest BCUT2D eigenvalue weighted by atomic mass is 35.5. The van der Waals surface area contributed by atoms with E-state index in [4.69, 9.17) is 16.6 Å². The van der Waals surface area contributed by atoms with Gasteiger partial charge in [0.05, 0.1) is 22.0 Å². The van der Waals surface area contributed by atoms with E-state index in [0.717, 1.165) is 35.1 Å². The summed E-state index contributed by atoms with van der Waals surface area (Å²) < 4.78 is 2.37. The molecule has 1 aliphatic heterocycles. The summed E-state index contributed by atoms with van der Waals surface area (Å²) in [7, 11) is 0. The van der Waals surface area contributed by atoms with Crippen LogP contribution in [-0.4, -0.2) is 14.5 Å². The number of hydrogen-bond donors (Lipinski definition) is 1. The van der Waals surface area contributed by atoms with Gasteiger partial charge in [-0.15, -0.1) is 11.3 Å². The van der Waals surface area contributed by atoms with Gasteiger partial charge in [0.15, 0.2) is 5.82 Å². The summed E-state index contributed by atoms with van der Waals surface area (Å²) in [5, 5.41) is 4.15. The van der Waals surface area contributed by atoms with E-state index < -0.39 is 0 Å². The van der Waals surface area contributed by atoms with Crippen molar-refractivity contribution in [3.8, 4) is 33.3 Å². The van der Waals surface area contributed by atoms with Gasteiger partial charge < -0.3 is 9.55 Å². The minimum absolute atomic E-state index is 0.738. The maximum atomic E-state index is 6.13. The molecule has 1 aliphatic rings. The maximum absolute atomic E-state index is 6.13. The molecule has 0 unspecified atom stereocenters. The van der Waals surface area contributed by atoms with Gasteiger partial charge in [0, 0.05) is 28.0 Å². The van der Waals surface area contributed by atoms with Gasteiger partial charge in [-0.25, -0.2) is 4.98 Å². The predicted octanol–water partition coefficient (Wildman–Crippen LogP) is 6.64. The maximum Gasteiger partial charge on any atom is 0.151 e. The third-order valence-electron chi connectivity index (χ3n) is 5.46. The van der Waals surface area contributed by atoms with Crippen molar-refractivity contribution in [1.29, 1.82) is 0 Å². The van der Waals surface area contributed by atoms with Crippen LogP contribution in [0.25, 0.3) is 44.2 Å². The van der Waals surface area contributed by atoms with E-state index in [2.05, 4.69) is 63.5 Å². The van der Waals surface area contributed by atoms with E-state index in [9.17, 15) is 0 Å². The first-order chi connectivity index (χ1) is 13.8. The molecule has 0 fully saturated rings. The first-order valence-electron chi connectivity index (χ1n) is 9.30. The number of hydrogen-bond acceptors (Lipinski definition) is 2. The topological polar surface area (TPSA) is 33.6 Å². The fourth-order valence-electron chi connectivity index (χ4n) is 4.21. The van der Waals surface area contributed by atoms with Crippen molar-refractivity contribution in [3.05, 3.63) is 76.6 Å². The van der Waals surface area contributed by atoms with E-state index in [-0.39, 0.29) is 0 Å². The van der Waals surface area contributed by atoms with Crippen LogP contribution >= 0.6 is 22.9 Å². The summed E-state index contributed by atoms with van der Waals surface area (Å²) in [5.74, 6) is 1.04. The Morgan fingerprint density at radius 2 is 1.86 bits per heavy atom. The lowest BCUT2D eigenvalue weighted by Gasteiger charge is -2.18. The number of halogens is 1. The molecule has 28 heavy (non-hydrogen) atoms. The van der Waals surface area contributed by atoms with Crippen molar-refractivity contribution in [3.63, 3.8) is 0 Å². The molecule has 3 aromatic heterocycles. The quantitative estimate of drug-likeness (QED) is 0.353. The zero-order valence-electron chi connectivity index (χ0n) is 14.9. The molecule has 4 heterocycles. The second kappa shape index (κ2) is 6.09. The summed E-state index contributed by atoms with van der Waals surface area (Å²) in [6.45, 7) is 0.929. The molecule has 0 saturated carbocycles. The van der Waals surface area contributed by atoms with E-state index in [1.165, 1.54) is 32.7 Å². The Bertz CT molecular complexity index is 1310. The van der Waals surface area contributed by atoms with Crippen LogP contribution in [-0.2, 0) is 13.0 Å². The number of nitrogens with one attached hydrogen (secondary N) is 1. The first-order valence-corrected chi connectivity index (χ1v) is 10.6. The third kappa shape index (κ3) is 2.32. The molecule has 0 spiro atoms. The second-order valence-corrected chi connectivity index (χ2v) is 8.43. The van der Waals surface area contributed by atoms with Crippen LogP contribution in [0.3, 0.4) is 0 Å². The predicted molar refractivity (Wildman–Crippen MR) is 117 cm³/mol. The van der Waals surface area contributed by atoms with E-state index in [1.54, 1.807) is 11.3 Å². The molecule has 0 radical (unpaired) electrons. The molecular formula is C23H16ClN3S. The number of fused-ring (bicyclic) bond motifs is 5. The number of rotatable bonds is 2. The number of nitrogens with zero attached hydrogens (tertiary/aromatic N) is 2. The second-order valence-electron chi connectivity index (χ2n) is 7.04.